The molecule has 5 rings (SSSR count). The lowest BCUT2D eigenvalue weighted by Gasteiger charge is -2.39. The number of ether oxygens (including phenoxy) is 5. The predicted octanol–water partition coefficient (Wildman–Crippen LogP) is 1.30. The molecular weight excluding hydrogens is 530 g/mol. The second-order valence-corrected chi connectivity index (χ2v) is 12.4. The van der Waals surface area contributed by atoms with Gasteiger partial charge in [-0.15, -0.1) is 0 Å². The molecule has 0 saturated carbocycles. The van der Waals surface area contributed by atoms with Gasteiger partial charge in [-0.25, -0.2) is 13.1 Å². The normalized spacial score (nSPS) is 24.2. The van der Waals surface area contributed by atoms with E-state index in [1.54, 1.807) is 24.3 Å². The lowest BCUT2D eigenvalue weighted by atomic mass is 9.65. The Morgan fingerprint density at radius 2 is 1.49 bits per heavy atom. The summed E-state index contributed by atoms with van der Waals surface area (Å²) >= 11 is 0. The predicted molar refractivity (Wildman–Crippen MR) is 128 cm³/mol. The minimum Gasteiger partial charge on any atom is -0.493 e. The smallest absolute Gasteiger partial charge is 0.311 e. The molecule has 0 aromatic heterocycles. The maximum atomic E-state index is 12.9. The summed E-state index contributed by atoms with van der Waals surface area (Å²) in [4.78, 5) is 12.9. The van der Waals surface area contributed by atoms with E-state index >= 15 is 0 Å². The molecule has 1 fully saturated rings. The molecule has 14 heteroatoms. The molecule has 1 saturated heterocycles. The van der Waals surface area contributed by atoms with E-state index in [4.69, 9.17) is 27.9 Å². The number of methoxy groups -OCH3 is 2. The number of carbonyl (C=O) groups is 1. The molecule has 37 heavy (non-hydrogen) atoms. The lowest BCUT2D eigenvalue weighted by Crippen LogP contribution is -2.42. The zero-order valence-electron chi connectivity index (χ0n) is 20.3. The average molecular weight is 556 g/mol. The molecule has 2 aromatic carbocycles. The highest BCUT2D eigenvalue weighted by Gasteiger charge is 2.53. The highest BCUT2D eigenvalue weighted by atomic mass is 32.2. The van der Waals surface area contributed by atoms with Crippen LogP contribution >= 0.6 is 0 Å². The minimum absolute atomic E-state index is 0.00113. The second kappa shape index (κ2) is 8.96. The summed E-state index contributed by atoms with van der Waals surface area (Å²) in [5.74, 6) is -1.38. The molecule has 3 aliphatic rings. The number of nitrogens with one attached hydrogen (secondary N) is 1. The van der Waals surface area contributed by atoms with Gasteiger partial charge in [0.25, 0.3) is 0 Å². The quantitative estimate of drug-likeness (QED) is 0.388. The molecule has 0 radical (unpaired) electrons. The first-order valence-corrected chi connectivity index (χ1v) is 14.8. The number of fused-ring (bicyclic) bond motifs is 3. The van der Waals surface area contributed by atoms with E-state index in [-0.39, 0.29) is 30.6 Å². The van der Waals surface area contributed by atoms with Crippen LogP contribution in [0.15, 0.2) is 24.3 Å². The van der Waals surface area contributed by atoms with Gasteiger partial charge in [0, 0.05) is 11.8 Å². The maximum absolute atomic E-state index is 12.9. The summed E-state index contributed by atoms with van der Waals surface area (Å²) in [6, 6.07) is 5.74. The van der Waals surface area contributed by atoms with Gasteiger partial charge in [0.2, 0.25) is 22.6 Å². The fourth-order valence-electron chi connectivity index (χ4n) is 5.28. The molecule has 1 aliphatic carbocycles. The lowest BCUT2D eigenvalue weighted by molar-refractivity contribution is -0.142. The highest BCUT2D eigenvalue weighted by Crippen LogP contribution is 2.55. The standard InChI is InChI=1S/C23H25NO11S2/c1-30-17-5-11(6-18(31-2)22(17)35-37(4,28)29)19-12-7-15-16(34-10-33-15)8-13(12)21(24-36(3,26)27)20-14(19)9-32-23(20)25/h5-8,14,19-21,24H,9-10H2,1-4H3/t14-,19+,20+,21+/m0/s1. The summed E-state index contributed by atoms with van der Waals surface area (Å²) in [6.45, 7) is 0.0390. The molecule has 2 aliphatic heterocycles. The Morgan fingerprint density at radius 3 is 2.03 bits per heavy atom. The van der Waals surface area contributed by atoms with Crippen molar-refractivity contribution in [2.24, 2.45) is 11.8 Å². The van der Waals surface area contributed by atoms with E-state index in [9.17, 15) is 21.6 Å². The van der Waals surface area contributed by atoms with Crippen LogP contribution in [0.4, 0.5) is 0 Å². The van der Waals surface area contributed by atoms with Crippen LogP contribution in [0.5, 0.6) is 28.7 Å². The highest BCUT2D eigenvalue weighted by molar-refractivity contribution is 7.88. The van der Waals surface area contributed by atoms with Crippen molar-refractivity contribution >= 4 is 26.1 Å². The third-order valence-electron chi connectivity index (χ3n) is 6.60. The Balaban J connectivity index is 1.74. The number of cyclic esters (lactones) is 1. The molecule has 0 amide bonds. The fourth-order valence-corrected chi connectivity index (χ4v) is 6.49. The summed E-state index contributed by atoms with van der Waals surface area (Å²) in [5, 5.41) is 0. The van der Waals surface area contributed by atoms with Gasteiger partial charge in [0.1, 0.15) is 0 Å². The van der Waals surface area contributed by atoms with E-state index in [1.807, 2.05) is 0 Å². The van der Waals surface area contributed by atoms with Crippen LogP contribution in [-0.2, 0) is 29.7 Å². The Labute approximate surface area is 213 Å². The molecule has 0 unspecified atom stereocenters. The summed E-state index contributed by atoms with van der Waals surface area (Å²) in [6.07, 6.45) is 1.93. The SMILES string of the molecule is COc1cc([C@@H]2c3cc4c(cc3[C@@H](NS(C)(=O)=O)[C@@H]3C(=O)OC[C@@H]23)OCO4)cc(OC)c1OS(C)(=O)=O. The van der Waals surface area contributed by atoms with Crippen molar-refractivity contribution in [2.75, 3.05) is 40.1 Å². The Bertz CT molecular complexity index is 1460. The number of carbonyl (C=O) groups excluding carboxylic acids is 1. The van der Waals surface area contributed by atoms with Crippen LogP contribution in [0.25, 0.3) is 0 Å². The number of sulfonamides is 1. The third kappa shape index (κ3) is 4.64. The first kappa shape index (κ1) is 25.4. The van der Waals surface area contributed by atoms with Crippen molar-refractivity contribution < 1.29 is 49.5 Å². The Hall–Kier alpha value is -3.23. The topological polar surface area (TPSA) is 153 Å². The first-order valence-electron chi connectivity index (χ1n) is 11.1. The van der Waals surface area contributed by atoms with Gasteiger partial charge in [0.05, 0.1) is 45.3 Å². The van der Waals surface area contributed by atoms with Crippen LogP contribution < -0.4 is 27.9 Å². The number of esters is 1. The summed E-state index contributed by atoms with van der Waals surface area (Å²) in [5.41, 5.74) is 1.83. The fraction of sp³-hybridized carbons (Fsp3) is 0.435. The Morgan fingerprint density at radius 1 is 0.892 bits per heavy atom. The van der Waals surface area contributed by atoms with Gasteiger partial charge >= 0.3 is 16.1 Å². The number of benzene rings is 2. The molecule has 0 bridgehead atoms. The number of hydrogen-bond acceptors (Lipinski definition) is 11. The second-order valence-electron chi connectivity index (χ2n) is 9.04. The van der Waals surface area contributed by atoms with Gasteiger partial charge in [0.15, 0.2) is 23.0 Å². The summed E-state index contributed by atoms with van der Waals surface area (Å²) < 4.78 is 83.5. The molecule has 12 nitrogen and oxygen atoms in total. The van der Waals surface area contributed by atoms with Crippen LogP contribution in [0.1, 0.15) is 28.7 Å². The van der Waals surface area contributed by atoms with Crippen molar-refractivity contribution in [3.8, 4) is 28.7 Å². The van der Waals surface area contributed by atoms with Crippen molar-refractivity contribution in [3.05, 3.63) is 41.0 Å². The van der Waals surface area contributed by atoms with Crippen molar-refractivity contribution in [1.82, 2.24) is 4.72 Å². The van der Waals surface area contributed by atoms with Crippen molar-refractivity contribution in [2.45, 2.75) is 12.0 Å². The molecule has 2 heterocycles. The summed E-state index contributed by atoms with van der Waals surface area (Å²) in [7, 11) is -4.90. The van der Waals surface area contributed by atoms with Crippen molar-refractivity contribution in [3.63, 3.8) is 0 Å². The zero-order chi connectivity index (χ0) is 26.7. The average Bonchev–Trinajstić information content (AvgIpc) is 3.42. The monoisotopic (exact) mass is 555 g/mol. The molecule has 2 aromatic rings. The molecule has 4 atom stereocenters. The van der Waals surface area contributed by atoms with E-state index in [0.29, 0.717) is 28.2 Å². The molecule has 0 spiro atoms. The van der Waals surface area contributed by atoms with Crippen LogP contribution in [0.3, 0.4) is 0 Å². The largest absolute Gasteiger partial charge is 0.493 e. The van der Waals surface area contributed by atoms with Crippen LogP contribution in [0, 0.1) is 11.8 Å². The van der Waals surface area contributed by atoms with E-state index in [2.05, 4.69) is 4.72 Å². The molecule has 200 valence electrons. The zero-order valence-corrected chi connectivity index (χ0v) is 22.0. The third-order valence-corrected chi connectivity index (χ3v) is 7.76. The van der Waals surface area contributed by atoms with Crippen LogP contribution in [-0.4, -0.2) is 62.9 Å². The van der Waals surface area contributed by atoms with Crippen LogP contribution in [0.2, 0.25) is 0 Å². The van der Waals surface area contributed by atoms with Gasteiger partial charge in [-0.1, -0.05) is 0 Å². The number of rotatable bonds is 7. The first-order chi connectivity index (χ1) is 17.4. The van der Waals surface area contributed by atoms with Gasteiger partial charge in [-0.05, 0) is 41.0 Å². The van der Waals surface area contributed by atoms with Gasteiger partial charge < -0.3 is 27.9 Å². The number of hydrogen-bond donors (Lipinski definition) is 1. The van der Waals surface area contributed by atoms with Gasteiger partial charge in [-0.2, -0.15) is 8.42 Å². The van der Waals surface area contributed by atoms with E-state index in [0.717, 1.165) is 12.5 Å². The Kier molecular flexibility index (Phi) is 6.15. The maximum Gasteiger partial charge on any atom is 0.311 e. The molecular formula is C23H25NO11S2. The van der Waals surface area contributed by atoms with E-state index in [1.165, 1.54) is 14.2 Å². The van der Waals surface area contributed by atoms with Crippen molar-refractivity contribution in [1.29, 1.82) is 0 Å². The van der Waals surface area contributed by atoms with Gasteiger partial charge in [-0.3, -0.25) is 4.79 Å². The minimum atomic E-state index is -3.90. The molecule has 1 N–H and O–H groups in total. The van der Waals surface area contributed by atoms with E-state index < -0.39 is 49.9 Å².